The third-order valence-corrected chi connectivity index (χ3v) is 3.31. The summed E-state index contributed by atoms with van der Waals surface area (Å²) in [7, 11) is 2.23. The first-order chi connectivity index (χ1) is 5.03. The summed E-state index contributed by atoms with van der Waals surface area (Å²) in [4.78, 5) is 2.45. The number of thioether (sulfide) groups is 1. The fourth-order valence-corrected chi connectivity index (χ4v) is 3.07. The van der Waals surface area contributed by atoms with Crippen LogP contribution >= 0.6 is 11.8 Å². The molecule has 0 aromatic carbocycles. The minimum absolute atomic E-state index is 0.528. The summed E-state index contributed by atoms with van der Waals surface area (Å²) in [5.74, 6) is 0. The highest BCUT2D eigenvalue weighted by molar-refractivity contribution is 7.99. The Labute approximate surface area is 74.5 Å². The van der Waals surface area contributed by atoms with Crippen LogP contribution in [0.5, 0.6) is 0 Å². The van der Waals surface area contributed by atoms with Crippen LogP contribution in [0.1, 0.15) is 20.3 Å². The number of nitrogens with zero attached hydrogens (tertiary/aromatic N) is 1. The van der Waals surface area contributed by atoms with E-state index in [4.69, 9.17) is 0 Å². The average molecular weight is 173 g/mol. The van der Waals surface area contributed by atoms with Crippen molar-refractivity contribution in [3.05, 3.63) is 0 Å². The first kappa shape index (κ1) is 9.40. The molecule has 0 radical (unpaired) electrons. The molecule has 0 aromatic heterocycles. The van der Waals surface area contributed by atoms with Crippen molar-refractivity contribution in [2.45, 2.75) is 25.5 Å². The maximum absolute atomic E-state index is 2.45. The molecular weight excluding hydrogens is 154 g/mol. The third-order valence-electron chi connectivity index (χ3n) is 2.33. The van der Waals surface area contributed by atoms with Crippen molar-refractivity contribution < 1.29 is 0 Å². The molecule has 0 amide bonds. The van der Waals surface area contributed by atoms with Crippen LogP contribution in [0.2, 0.25) is 0 Å². The Bertz CT molecular complexity index is 134. The molecule has 1 rings (SSSR count). The molecule has 11 heavy (non-hydrogen) atoms. The number of rotatable bonds is 1. The summed E-state index contributed by atoms with van der Waals surface area (Å²) in [6, 6.07) is 0. The van der Waals surface area contributed by atoms with Crippen LogP contribution in [-0.2, 0) is 0 Å². The van der Waals surface area contributed by atoms with E-state index in [-0.39, 0.29) is 0 Å². The lowest BCUT2D eigenvalue weighted by molar-refractivity contribution is 0.148. The molecule has 1 saturated heterocycles. The zero-order valence-corrected chi connectivity index (χ0v) is 8.87. The van der Waals surface area contributed by atoms with Gasteiger partial charge >= 0.3 is 0 Å². The Kier molecular flexibility index (Phi) is 2.87. The van der Waals surface area contributed by atoms with Gasteiger partial charge < -0.3 is 4.90 Å². The van der Waals surface area contributed by atoms with Gasteiger partial charge in [-0.25, -0.2) is 0 Å². The minimum atomic E-state index is 0.528. The Balaban J connectivity index is 2.51. The molecule has 1 heterocycles. The molecule has 1 fully saturated rings. The van der Waals surface area contributed by atoms with Crippen LogP contribution in [0.3, 0.4) is 0 Å². The lowest BCUT2D eigenvalue weighted by atomic mass is 9.84. The van der Waals surface area contributed by atoms with Crippen molar-refractivity contribution in [1.29, 1.82) is 0 Å². The quantitative estimate of drug-likeness (QED) is 0.597. The van der Waals surface area contributed by atoms with Gasteiger partial charge in [0.2, 0.25) is 0 Å². The van der Waals surface area contributed by atoms with E-state index in [0.29, 0.717) is 5.41 Å². The van der Waals surface area contributed by atoms with Gasteiger partial charge in [-0.15, -0.1) is 0 Å². The van der Waals surface area contributed by atoms with Crippen molar-refractivity contribution in [1.82, 2.24) is 4.90 Å². The van der Waals surface area contributed by atoms with Gasteiger partial charge in [0.15, 0.2) is 0 Å². The fourth-order valence-electron chi connectivity index (χ4n) is 2.05. The molecule has 66 valence electrons. The predicted octanol–water partition coefficient (Wildman–Crippen LogP) is 2.08. The molecule has 2 heteroatoms. The molecule has 1 nitrogen and oxygen atoms in total. The fraction of sp³-hybridized carbons (Fsp3) is 1.00. The van der Waals surface area contributed by atoms with Gasteiger partial charge in [0.05, 0.1) is 0 Å². The molecule has 0 spiro atoms. The summed E-state index contributed by atoms with van der Waals surface area (Å²) in [6.45, 7) is 7.26. The maximum atomic E-state index is 2.45. The Morgan fingerprint density at radius 1 is 1.45 bits per heavy atom. The van der Waals surface area contributed by atoms with Crippen LogP contribution in [0, 0.1) is 5.41 Å². The number of hydrogen-bond acceptors (Lipinski definition) is 2. The van der Waals surface area contributed by atoms with Crippen LogP contribution in [-0.4, -0.2) is 36.5 Å². The normalized spacial score (nSPS) is 32.2. The predicted molar refractivity (Wildman–Crippen MR) is 53.2 cm³/mol. The van der Waals surface area contributed by atoms with Crippen molar-refractivity contribution >= 4 is 11.8 Å². The van der Waals surface area contributed by atoms with Gasteiger partial charge in [0.1, 0.15) is 0 Å². The molecular formula is C9H19NS. The van der Waals surface area contributed by atoms with E-state index in [1.165, 1.54) is 19.5 Å². The number of hydrogen-bond donors (Lipinski definition) is 0. The highest BCUT2D eigenvalue weighted by Crippen LogP contribution is 2.32. The monoisotopic (exact) mass is 173 g/mol. The van der Waals surface area contributed by atoms with E-state index in [0.717, 1.165) is 5.25 Å². The van der Waals surface area contributed by atoms with Crippen molar-refractivity contribution in [2.75, 3.05) is 26.4 Å². The van der Waals surface area contributed by atoms with Crippen LogP contribution in [0.4, 0.5) is 0 Å². The molecule has 1 aliphatic heterocycles. The summed E-state index contributed by atoms with van der Waals surface area (Å²) in [6.07, 6.45) is 3.60. The average Bonchev–Trinajstić information content (AvgIpc) is 1.83. The summed E-state index contributed by atoms with van der Waals surface area (Å²) >= 11 is 2.01. The van der Waals surface area contributed by atoms with Crippen molar-refractivity contribution in [2.24, 2.45) is 5.41 Å². The number of likely N-dealkylation sites (tertiary alicyclic amines) is 1. The van der Waals surface area contributed by atoms with Crippen molar-refractivity contribution in [3.8, 4) is 0 Å². The van der Waals surface area contributed by atoms with Gasteiger partial charge in [-0.3, -0.25) is 0 Å². The van der Waals surface area contributed by atoms with Gasteiger partial charge in [-0.2, -0.15) is 11.8 Å². The van der Waals surface area contributed by atoms with Crippen molar-refractivity contribution in [3.63, 3.8) is 0 Å². The van der Waals surface area contributed by atoms with E-state index in [9.17, 15) is 0 Å². The highest BCUT2D eigenvalue weighted by Gasteiger charge is 2.30. The van der Waals surface area contributed by atoms with Crippen LogP contribution in [0.25, 0.3) is 0 Å². The summed E-state index contributed by atoms with van der Waals surface area (Å²) < 4.78 is 0. The van der Waals surface area contributed by atoms with E-state index in [1.54, 1.807) is 0 Å². The van der Waals surface area contributed by atoms with Crippen LogP contribution < -0.4 is 0 Å². The molecule has 0 bridgehead atoms. The molecule has 0 saturated carbocycles. The Hall–Kier alpha value is 0.310. The van der Waals surface area contributed by atoms with Gasteiger partial charge in [-0.1, -0.05) is 13.8 Å². The van der Waals surface area contributed by atoms with Crippen LogP contribution in [0.15, 0.2) is 0 Å². The SMILES string of the molecule is CSC1CN(C)CC(C)(C)C1. The second kappa shape index (κ2) is 3.36. The van der Waals surface area contributed by atoms with Gasteiger partial charge in [0, 0.05) is 18.3 Å². The largest absolute Gasteiger partial charge is 0.305 e. The second-order valence-electron chi connectivity index (χ2n) is 4.42. The Morgan fingerprint density at radius 3 is 2.55 bits per heavy atom. The molecule has 0 N–H and O–H groups in total. The zero-order valence-electron chi connectivity index (χ0n) is 8.05. The van der Waals surface area contributed by atoms with E-state index in [2.05, 4.69) is 32.1 Å². The first-order valence-electron chi connectivity index (χ1n) is 4.25. The lowest BCUT2D eigenvalue weighted by Crippen LogP contribution is -2.43. The molecule has 0 aromatic rings. The number of piperidine rings is 1. The smallest absolute Gasteiger partial charge is 0.0177 e. The lowest BCUT2D eigenvalue weighted by Gasteiger charge is -2.40. The Morgan fingerprint density at radius 2 is 2.09 bits per heavy atom. The van der Waals surface area contributed by atoms with Gasteiger partial charge in [-0.05, 0) is 25.1 Å². The standard InChI is InChI=1S/C9H19NS/c1-9(2)5-8(11-4)6-10(3)7-9/h8H,5-7H2,1-4H3. The van der Waals surface area contributed by atoms with E-state index in [1.807, 2.05) is 11.8 Å². The topological polar surface area (TPSA) is 3.24 Å². The summed E-state index contributed by atoms with van der Waals surface area (Å²) in [5.41, 5.74) is 0.528. The highest BCUT2D eigenvalue weighted by atomic mass is 32.2. The zero-order chi connectivity index (χ0) is 8.48. The van der Waals surface area contributed by atoms with Gasteiger partial charge in [0.25, 0.3) is 0 Å². The third kappa shape index (κ3) is 2.68. The second-order valence-corrected chi connectivity index (χ2v) is 5.56. The molecule has 0 aliphatic carbocycles. The van der Waals surface area contributed by atoms with E-state index < -0.39 is 0 Å². The minimum Gasteiger partial charge on any atom is -0.305 e. The van der Waals surface area contributed by atoms with E-state index >= 15 is 0 Å². The summed E-state index contributed by atoms with van der Waals surface area (Å²) in [5, 5.41) is 0.851. The molecule has 1 atom stereocenters. The maximum Gasteiger partial charge on any atom is 0.0177 e. The molecule has 1 aliphatic rings. The first-order valence-corrected chi connectivity index (χ1v) is 5.54. The molecule has 1 unspecified atom stereocenters.